The molecular weight excluding hydrogens is 240 g/mol. The van der Waals surface area contributed by atoms with Crippen molar-refractivity contribution in [1.29, 1.82) is 0 Å². The van der Waals surface area contributed by atoms with E-state index in [4.69, 9.17) is 0 Å². The summed E-state index contributed by atoms with van der Waals surface area (Å²) in [5, 5.41) is 0. The van der Waals surface area contributed by atoms with Crippen molar-refractivity contribution in [2.75, 3.05) is 14.1 Å². The van der Waals surface area contributed by atoms with Crippen molar-refractivity contribution in [1.82, 2.24) is 4.90 Å². The molecule has 0 saturated carbocycles. The lowest BCUT2D eigenvalue weighted by atomic mass is 10.3. The zero-order valence-corrected chi connectivity index (χ0v) is 10.4. The van der Waals surface area contributed by atoms with Gasteiger partial charge in [-0.3, -0.25) is 0 Å². The van der Waals surface area contributed by atoms with Gasteiger partial charge in [-0.2, -0.15) is 0 Å². The SMILES string of the molecule is CCC(=Nc1cccc(Br)c1)N(C)C. The molecule has 1 rings (SSSR count). The molecule has 0 bridgehead atoms. The summed E-state index contributed by atoms with van der Waals surface area (Å²) in [6.45, 7) is 2.11. The maximum atomic E-state index is 4.55. The third-order valence-electron chi connectivity index (χ3n) is 1.90. The Kier molecular flexibility index (Phi) is 4.14. The minimum Gasteiger partial charge on any atom is -0.366 e. The van der Waals surface area contributed by atoms with E-state index in [1.165, 1.54) is 0 Å². The maximum Gasteiger partial charge on any atom is 0.104 e. The predicted molar refractivity (Wildman–Crippen MR) is 65.2 cm³/mol. The molecule has 0 aliphatic carbocycles. The average Bonchev–Trinajstić information content (AvgIpc) is 2.14. The van der Waals surface area contributed by atoms with Crippen LogP contribution in [-0.2, 0) is 0 Å². The minimum absolute atomic E-state index is 0.944. The molecule has 0 unspecified atom stereocenters. The van der Waals surface area contributed by atoms with E-state index >= 15 is 0 Å². The fourth-order valence-corrected chi connectivity index (χ4v) is 1.58. The van der Waals surface area contributed by atoms with Gasteiger partial charge in [0.2, 0.25) is 0 Å². The van der Waals surface area contributed by atoms with Crippen molar-refractivity contribution >= 4 is 27.5 Å². The number of rotatable bonds is 2. The second-order valence-electron chi connectivity index (χ2n) is 3.26. The molecule has 14 heavy (non-hydrogen) atoms. The quantitative estimate of drug-likeness (QED) is 0.583. The Balaban J connectivity index is 2.94. The predicted octanol–water partition coefficient (Wildman–Crippen LogP) is 3.45. The first-order valence-electron chi connectivity index (χ1n) is 4.64. The molecule has 0 aromatic heterocycles. The lowest BCUT2D eigenvalue weighted by Gasteiger charge is -2.13. The Morgan fingerprint density at radius 3 is 2.64 bits per heavy atom. The van der Waals surface area contributed by atoms with Gasteiger partial charge in [0.15, 0.2) is 0 Å². The van der Waals surface area contributed by atoms with Gasteiger partial charge in [-0.15, -0.1) is 0 Å². The molecule has 0 fully saturated rings. The summed E-state index contributed by atoms with van der Waals surface area (Å²) in [5.74, 6) is 1.09. The average molecular weight is 255 g/mol. The van der Waals surface area contributed by atoms with E-state index < -0.39 is 0 Å². The first kappa shape index (κ1) is 11.2. The van der Waals surface area contributed by atoms with Gasteiger partial charge in [0.25, 0.3) is 0 Å². The van der Waals surface area contributed by atoms with Gasteiger partial charge in [0, 0.05) is 25.0 Å². The highest BCUT2D eigenvalue weighted by atomic mass is 79.9. The molecule has 0 saturated heterocycles. The minimum atomic E-state index is 0.944. The van der Waals surface area contributed by atoms with Crippen LogP contribution in [0.25, 0.3) is 0 Å². The number of nitrogens with zero attached hydrogens (tertiary/aromatic N) is 2. The zero-order valence-electron chi connectivity index (χ0n) is 8.79. The molecule has 0 aliphatic rings. The second kappa shape index (κ2) is 5.15. The number of halogens is 1. The van der Waals surface area contributed by atoms with Crippen LogP contribution in [0, 0.1) is 0 Å². The van der Waals surface area contributed by atoms with Crippen LogP contribution in [0.3, 0.4) is 0 Å². The molecule has 0 amide bonds. The van der Waals surface area contributed by atoms with E-state index in [1.54, 1.807) is 0 Å². The molecule has 0 atom stereocenters. The monoisotopic (exact) mass is 254 g/mol. The highest BCUT2D eigenvalue weighted by Gasteiger charge is 1.98. The lowest BCUT2D eigenvalue weighted by molar-refractivity contribution is 0.608. The molecule has 0 heterocycles. The van der Waals surface area contributed by atoms with E-state index in [1.807, 2.05) is 43.3 Å². The Morgan fingerprint density at radius 1 is 1.43 bits per heavy atom. The van der Waals surface area contributed by atoms with E-state index in [-0.39, 0.29) is 0 Å². The van der Waals surface area contributed by atoms with E-state index in [9.17, 15) is 0 Å². The summed E-state index contributed by atoms with van der Waals surface area (Å²) < 4.78 is 1.06. The van der Waals surface area contributed by atoms with E-state index in [0.717, 1.165) is 22.4 Å². The van der Waals surface area contributed by atoms with Crippen LogP contribution in [-0.4, -0.2) is 24.8 Å². The van der Waals surface area contributed by atoms with Crippen molar-refractivity contribution < 1.29 is 0 Å². The fourth-order valence-electron chi connectivity index (χ4n) is 1.19. The smallest absolute Gasteiger partial charge is 0.104 e. The number of amidine groups is 1. The number of hydrogen-bond acceptors (Lipinski definition) is 1. The van der Waals surface area contributed by atoms with Crippen LogP contribution in [0.4, 0.5) is 5.69 Å². The Hall–Kier alpha value is -0.830. The summed E-state index contributed by atoms with van der Waals surface area (Å²) in [6.07, 6.45) is 0.944. The molecule has 0 aliphatic heterocycles. The van der Waals surface area contributed by atoms with Gasteiger partial charge in [-0.05, 0) is 18.2 Å². The molecule has 3 heteroatoms. The molecule has 1 aromatic carbocycles. The summed E-state index contributed by atoms with van der Waals surface area (Å²) in [6, 6.07) is 8.01. The molecule has 1 aromatic rings. The second-order valence-corrected chi connectivity index (χ2v) is 4.17. The molecule has 2 nitrogen and oxygen atoms in total. The highest BCUT2D eigenvalue weighted by molar-refractivity contribution is 9.10. The van der Waals surface area contributed by atoms with E-state index in [0.29, 0.717) is 0 Å². The third kappa shape index (κ3) is 3.14. The summed E-state index contributed by atoms with van der Waals surface area (Å²) in [7, 11) is 4.03. The van der Waals surface area contributed by atoms with Crippen LogP contribution in [0.1, 0.15) is 13.3 Å². The van der Waals surface area contributed by atoms with Crippen molar-refractivity contribution in [2.45, 2.75) is 13.3 Å². The van der Waals surface area contributed by atoms with Gasteiger partial charge < -0.3 is 4.90 Å². The molecule has 0 spiro atoms. The van der Waals surface area contributed by atoms with Gasteiger partial charge in [0.05, 0.1) is 5.69 Å². The van der Waals surface area contributed by atoms with Crippen LogP contribution < -0.4 is 0 Å². The number of hydrogen-bond donors (Lipinski definition) is 0. The molecule has 0 N–H and O–H groups in total. The van der Waals surface area contributed by atoms with Gasteiger partial charge in [-0.25, -0.2) is 4.99 Å². The fraction of sp³-hybridized carbons (Fsp3) is 0.364. The Labute approximate surface area is 93.8 Å². The van der Waals surface area contributed by atoms with Crippen LogP contribution in [0.5, 0.6) is 0 Å². The summed E-state index contributed by atoms with van der Waals surface area (Å²) in [4.78, 5) is 6.59. The van der Waals surface area contributed by atoms with E-state index in [2.05, 4.69) is 27.8 Å². The number of benzene rings is 1. The van der Waals surface area contributed by atoms with Crippen LogP contribution >= 0.6 is 15.9 Å². The van der Waals surface area contributed by atoms with Gasteiger partial charge in [0.1, 0.15) is 5.84 Å². The van der Waals surface area contributed by atoms with Crippen LogP contribution in [0.15, 0.2) is 33.7 Å². The van der Waals surface area contributed by atoms with Crippen molar-refractivity contribution in [3.8, 4) is 0 Å². The molecule has 76 valence electrons. The van der Waals surface area contributed by atoms with Crippen LogP contribution in [0.2, 0.25) is 0 Å². The first-order chi connectivity index (χ1) is 6.63. The van der Waals surface area contributed by atoms with Crippen molar-refractivity contribution in [3.63, 3.8) is 0 Å². The van der Waals surface area contributed by atoms with Gasteiger partial charge in [-0.1, -0.05) is 28.9 Å². The Morgan fingerprint density at radius 2 is 2.14 bits per heavy atom. The van der Waals surface area contributed by atoms with Crippen molar-refractivity contribution in [3.05, 3.63) is 28.7 Å². The largest absolute Gasteiger partial charge is 0.366 e. The zero-order chi connectivity index (χ0) is 10.6. The summed E-state index contributed by atoms with van der Waals surface area (Å²) in [5.41, 5.74) is 0.991. The third-order valence-corrected chi connectivity index (χ3v) is 2.39. The summed E-state index contributed by atoms with van der Waals surface area (Å²) >= 11 is 3.43. The van der Waals surface area contributed by atoms with Gasteiger partial charge >= 0.3 is 0 Å². The number of aliphatic imine (C=N–C) groups is 1. The maximum absolute atomic E-state index is 4.55. The Bertz CT molecular complexity index is 332. The molecular formula is C11H15BrN2. The lowest BCUT2D eigenvalue weighted by Crippen LogP contribution is -2.20. The standard InChI is InChI=1S/C11H15BrN2/c1-4-11(14(2)3)13-10-7-5-6-9(12)8-10/h5-8H,4H2,1-3H3. The normalized spacial score (nSPS) is 11.6. The van der Waals surface area contributed by atoms with Crippen molar-refractivity contribution in [2.24, 2.45) is 4.99 Å². The highest BCUT2D eigenvalue weighted by Crippen LogP contribution is 2.19. The molecule has 0 radical (unpaired) electrons. The first-order valence-corrected chi connectivity index (χ1v) is 5.43. The topological polar surface area (TPSA) is 15.6 Å².